The Labute approximate surface area is 125 Å². The van der Waals surface area contributed by atoms with E-state index in [0.717, 1.165) is 25.7 Å². The number of rotatable bonds is 2. The van der Waals surface area contributed by atoms with Crippen LogP contribution in [0.3, 0.4) is 0 Å². The average molecular weight is 358 g/mol. The third-order valence-electron chi connectivity index (χ3n) is 4.13. The van der Waals surface area contributed by atoms with Crippen LogP contribution in [0.15, 0.2) is 29.2 Å². The number of sulfonamides is 1. The number of carbonyl (C=O) groups is 1. The Morgan fingerprint density at radius 3 is 2.60 bits per heavy atom. The number of carbonyl (C=O) groups excluding carboxylic acids is 1. The monoisotopic (exact) mass is 359 g/mol. The van der Waals surface area contributed by atoms with E-state index >= 15 is 0 Å². The van der Waals surface area contributed by atoms with Gasteiger partial charge in [0.15, 0.2) is 0 Å². The van der Waals surface area contributed by atoms with Gasteiger partial charge in [-0.05, 0) is 0 Å². The molecule has 0 bridgehead atoms. The summed E-state index contributed by atoms with van der Waals surface area (Å²) in [6.07, 6.45) is 3.99. The van der Waals surface area contributed by atoms with Crippen LogP contribution < -0.4 is 0 Å². The molecule has 2 atom stereocenters. The zero-order valence-electron chi connectivity index (χ0n) is 11.3. The molecule has 1 amide bonds. The Morgan fingerprint density at radius 2 is 1.90 bits per heavy atom. The van der Waals surface area contributed by atoms with Gasteiger partial charge < -0.3 is 0 Å². The molecule has 0 radical (unpaired) electrons. The van der Waals surface area contributed by atoms with E-state index in [4.69, 9.17) is 0 Å². The summed E-state index contributed by atoms with van der Waals surface area (Å²) in [7, 11) is -3.64. The van der Waals surface area contributed by atoms with Gasteiger partial charge in [-0.2, -0.15) is 0 Å². The fourth-order valence-electron chi connectivity index (χ4n) is 3.15. The third-order valence-corrected chi connectivity index (χ3v) is 8.42. The Kier molecular flexibility index (Phi) is 3.65. The number of fused-ring (bicyclic) bond motifs is 1. The minimum absolute atomic E-state index is 0.140. The van der Waals surface area contributed by atoms with Crippen LogP contribution in [0.4, 0.5) is 0 Å². The first-order valence-corrected chi connectivity index (χ1v) is 10.9. The van der Waals surface area contributed by atoms with Gasteiger partial charge in [0.1, 0.15) is 0 Å². The first kappa shape index (κ1) is 14.1. The molecule has 1 aliphatic carbocycles. The van der Waals surface area contributed by atoms with Crippen LogP contribution in [0.25, 0.3) is 0 Å². The van der Waals surface area contributed by atoms with Crippen molar-refractivity contribution in [2.75, 3.05) is 0 Å². The molecule has 1 saturated carbocycles. The number of hydrogen-bond donors (Lipinski definition) is 0. The van der Waals surface area contributed by atoms with Gasteiger partial charge in [-0.25, -0.2) is 0 Å². The molecule has 2 aliphatic rings. The molecule has 4 nitrogen and oxygen atoms in total. The predicted octanol–water partition coefficient (Wildman–Crippen LogP) is 2.31. The van der Waals surface area contributed by atoms with Gasteiger partial charge >= 0.3 is 125 Å². The van der Waals surface area contributed by atoms with Crippen molar-refractivity contribution in [2.45, 2.75) is 47.3 Å². The number of nitrogens with zero attached hydrogens (tertiary/aromatic N) is 1. The molecule has 2 unspecified atom stereocenters. The second-order valence-electron chi connectivity index (χ2n) is 5.23. The van der Waals surface area contributed by atoms with Crippen molar-refractivity contribution in [2.24, 2.45) is 0 Å². The van der Waals surface area contributed by atoms with E-state index in [-0.39, 0.29) is 16.8 Å². The van der Waals surface area contributed by atoms with Crippen LogP contribution in [0.5, 0.6) is 0 Å². The Balaban J connectivity index is 2.05. The molecular formula is C14H17NO3SSe. The molecule has 3 rings (SSSR count). The van der Waals surface area contributed by atoms with E-state index in [1.54, 1.807) is 18.2 Å². The summed E-state index contributed by atoms with van der Waals surface area (Å²) < 4.78 is 26.5. The summed E-state index contributed by atoms with van der Waals surface area (Å²) in [5.41, 5.74) is 0.334. The van der Waals surface area contributed by atoms with Crippen LogP contribution in [-0.4, -0.2) is 39.6 Å². The first-order valence-electron chi connectivity index (χ1n) is 6.78. The second kappa shape index (κ2) is 5.17. The zero-order chi connectivity index (χ0) is 14.3. The van der Waals surface area contributed by atoms with Crippen molar-refractivity contribution in [1.82, 2.24) is 4.31 Å². The van der Waals surface area contributed by atoms with E-state index in [2.05, 4.69) is 5.82 Å². The van der Waals surface area contributed by atoms with Crippen molar-refractivity contribution in [3.8, 4) is 0 Å². The SMILES string of the molecule is C[Se]C1CCCCC1N1C(=O)c2ccccc2S1(=O)=O. The minimum atomic E-state index is -3.64. The fourth-order valence-corrected chi connectivity index (χ4v) is 7.19. The van der Waals surface area contributed by atoms with Crippen molar-refractivity contribution < 1.29 is 13.2 Å². The second-order valence-corrected chi connectivity index (χ2v) is 9.27. The van der Waals surface area contributed by atoms with Gasteiger partial charge in [0, 0.05) is 0 Å². The molecule has 0 saturated heterocycles. The van der Waals surface area contributed by atoms with Crippen LogP contribution in [0.1, 0.15) is 36.0 Å². The van der Waals surface area contributed by atoms with E-state index in [1.165, 1.54) is 10.4 Å². The predicted molar refractivity (Wildman–Crippen MR) is 77.4 cm³/mol. The van der Waals surface area contributed by atoms with E-state index in [9.17, 15) is 13.2 Å². The van der Waals surface area contributed by atoms with Gasteiger partial charge in [-0.15, -0.1) is 0 Å². The first-order chi connectivity index (χ1) is 9.57. The summed E-state index contributed by atoms with van der Waals surface area (Å²) >= 11 is 0.357. The van der Waals surface area contributed by atoms with Gasteiger partial charge in [-0.3, -0.25) is 0 Å². The van der Waals surface area contributed by atoms with E-state index < -0.39 is 10.0 Å². The van der Waals surface area contributed by atoms with E-state index in [0.29, 0.717) is 25.3 Å². The van der Waals surface area contributed by atoms with Crippen molar-refractivity contribution in [3.05, 3.63) is 29.8 Å². The molecule has 0 N–H and O–H groups in total. The van der Waals surface area contributed by atoms with Gasteiger partial charge in [-0.1, -0.05) is 0 Å². The van der Waals surface area contributed by atoms with Crippen LogP contribution in [0.2, 0.25) is 10.6 Å². The number of amides is 1. The average Bonchev–Trinajstić information content (AvgIpc) is 2.67. The maximum absolute atomic E-state index is 12.7. The third kappa shape index (κ3) is 2.01. The summed E-state index contributed by atoms with van der Waals surface area (Å²) in [5.74, 6) is 1.80. The summed E-state index contributed by atoms with van der Waals surface area (Å²) in [4.78, 5) is 13.1. The maximum atomic E-state index is 12.7. The zero-order valence-corrected chi connectivity index (χ0v) is 13.8. The molecule has 1 fully saturated rings. The topological polar surface area (TPSA) is 54.5 Å². The molecule has 0 aromatic heterocycles. The number of hydrogen-bond acceptors (Lipinski definition) is 3. The normalized spacial score (nSPS) is 28.4. The van der Waals surface area contributed by atoms with Crippen molar-refractivity contribution in [1.29, 1.82) is 0 Å². The summed E-state index contributed by atoms with van der Waals surface area (Å²) in [6, 6.07) is 6.41. The summed E-state index contributed by atoms with van der Waals surface area (Å²) in [5, 5.41) is 0. The molecule has 1 aromatic rings. The fraction of sp³-hybridized carbons (Fsp3) is 0.500. The van der Waals surface area contributed by atoms with Crippen molar-refractivity contribution >= 4 is 30.9 Å². The van der Waals surface area contributed by atoms with Crippen LogP contribution >= 0.6 is 0 Å². The van der Waals surface area contributed by atoms with Gasteiger partial charge in [0.25, 0.3) is 0 Å². The van der Waals surface area contributed by atoms with Gasteiger partial charge in [0.05, 0.1) is 0 Å². The molecule has 0 spiro atoms. The molecule has 1 aliphatic heterocycles. The molecule has 6 heteroatoms. The van der Waals surface area contributed by atoms with Crippen LogP contribution in [0, 0.1) is 0 Å². The quantitative estimate of drug-likeness (QED) is 0.763. The van der Waals surface area contributed by atoms with E-state index in [1.807, 2.05) is 0 Å². The molecule has 20 heavy (non-hydrogen) atoms. The molecule has 1 heterocycles. The van der Waals surface area contributed by atoms with Gasteiger partial charge in [0.2, 0.25) is 0 Å². The van der Waals surface area contributed by atoms with Crippen molar-refractivity contribution in [3.63, 3.8) is 0 Å². The Hall–Kier alpha value is -0.841. The molecule has 108 valence electrons. The summed E-state index contributed by atoms with van der Waals surface area (Å²) in [6.45, 7) is 0. The standard InChI is InChI=1S/C14H17NO3SSe/c1-20-13-9-5-3-7-11(13)15-14(16)10-6-2-4-8-12(10)19(15,17)18/h2,4,6,8,11,13H,3,5,7,9H2,1H3. The molecule has 1 aromatic carbocycles. The Bertz CT molecular complexity index is 644. The van der Waals surface area contributed by atoms with Crippen LogP contribution in [-0.2, 0) is 10.0 Å². The molecular weight excluding hydrogens is 341 g/mol. The number of benzene rings is 1. The Morgan fingerprint density at radius 1 is 1.20 bits per heavy atom.